The van der Waals surface area contributed by atoms with Gasteiger partial charge in [0.1, 0.15) is 11.6 Å². The monoisotopic (exact) mass is 350 g/mol. The molecule has 0 radical (unpaired) electrons. The van der Waals surface area contributed by atoms with Gasteiger partial charge < -0.3 is 5.32 Å². The lowest BCUT2D eigenvalue weighted by Gasteiger charge is -2.05. The lowest BCUT2D eigenvalue weighted by Crippen LogP contribution is -2.13. The number of hydrogen-bond acceptors (Lipinski definition) is 2. The van der Waals surface area contributed by atoms with E-state index in [-0.39, 0.29) is 5.57 Å². The molecule has 0 saturated heterocycles. The first-order valence-electron chi connectivity index (χ1n) is 6.14. The molecular formula is C16H9Cl3N2O. The zero-order valence-corrected chi connectivity index (χ0v) is 13.4. The first-order chi connectivity index (χ1) is 10.5. The van der Waals surface area contributed by atoms with Gasteiger partial charge in [-0.15, -0.1) is 0 Å². The van der Waals surface area contributed by atoms with Crippen molar-refractivity contribution in [1.82, 2.24) is 0 Å². The number of amides is 1. The standard InChI is InChI=1S/C16H9Cl3N2O/c17-11-4-6-12(7-5-11)21-16(22)10(9-20)8-13-14(18)2-1-3-15(13)19/h1-8H,(H,21,22)/b10-8-. The van der Waals surface area contributed by atoms with Gasteiger partial charge in [0.2, 0.25) is 0 Å². The Kier molecular flexibility index (Phi) is 5.46. The van der Waals surface area contributed by atoms with E-state index in [0.717, 1.165) is 0 Å². The minimum absolute atomic E-state index is 0.107. The molecule has 0 aliphatic heterocycles. The minimum Gasteiger partial charge on any atom is -0.321 e. The molecule has 0 spiro atoms. The Labute approximate surface area is 142 Å². The highest BCUT2D eigenvalue weighted by atomic mass is 35.5. The fourth-order valence-electron chi connectivity index (χ4n) is 1.67. The summed E-state index contributed by atoms with van der Waals surface area (Å²) in [5.74, 6) is -0.555. The maximum Gasteiger partial charge on any atom is 0.266 e. The molecule has 3 nitrogen and oxygen atoms in total. The van der Waals surface area contributed by atoms with Crippen molar-refractivity contribution in [3.63, 3.8) is 0 Å². The van der Waals surface area contributed by atoms with Crippen molar-refractivity contribution >= 4 is 52.5 Å². The summed E-state index contributed by atoms with van der Waals surface area (Å²) in [5, 5.41) is 13.1. The second-order valence-corrected chi connectivity index (χ2v) is 5.52. The summed E-state index contributed by atoms with van der Waals surface area (Å²) in [6.07, 6.45) is 1.36. The number of carbonyl (C=O) groups excluding carboxylic acids is 1. The molecule has 0 unspecified atom stereocenters. The normalized spacial score (nSPS) is 10.9. The van der Waals surface area contributed by atoms with Gasteiger partial charge >= 0.3 is 0 Å². The van der Waals surface area contributed by atoms with E-state index in [4.69, 9.17) is 34.8 Å². The summed E-state index contributed by atoms with van der Waals surface area (Å²) in [4.78, 5) is 12.1. The van der Waals surface area contributed by atoms with Crippen LogP contribution in [-0.4, -0.2) is 5.91 Å². The molecule has 0 atom stereocenters. The van der Waals surface area contributed by atoms with Crippen molar-refractivity contribution in [2.75, 3.05) is 5.32 Å². The molecule has 0 bridgehead atoms. The smallest absolute Gasteiger partial charge is 0.266 e. The average molecular weight is 352 g/mol. The van der Waals surface area contributed by atoms with E-state index in [1.807, 2.05) is 6.07 Å². The molecule has 6 heteroatoms. The van der Waals surface area contributed by atoms with Crippen LogP contribution < -0.4 is 5.32 Å². The second-order valence-electron chi connectivity index (χ2n) is 4.27. The number of rotatable bonds is 3. The number of anilines is 1. The van der Waals surface area contributed by atoms with E-state index < -0.39 is 5.91 Å². The van der Waals surface area contributed by atoms with E-state index in [9.17, 15) is 10.1 Å². The third-order valence-corrected chi connectivity index (χ3v) is 3.67. The molecule has 110 valence electrons. The molecule has 0 heterocycles. The Bertz CT molecular complexity index is 757. The predicted molar refractivity (Wildman–Crippen MR) is 90.1 cm³/mol. The summed E-state index contributed by atoms with van der Waals surface area (Å²) in [5.41, 5.74) is 0.847. The van der Waals surface area contributed by atoms with E-state index in [1.54, 1.807) is 42.5 Å². The number of halogens is 3. The number of carbonyl (C=O) groups is 1. The van der Waals surface area contributed by atoms with Crippen LogP contribution in [0, 0.1) is 11.3 Å². The molecule has 22 heavy (non-hydrogen) atoms. The highest BCUT2D eigenvalue weighted by Crippen LogP contribution is 2.27. The predicted octanol–water partition coefficient (Wildman–Crippen LogP) is 5.19. The number of nitrogens with zero attached hydrogens (tertiary/aromatic N) is 1. The van der Waals surface area contributed by atoms with Gasteiger partial charge in [-0.25, -0.2) is 0 Å². The summed E-state index contributed by atoms with van der Waals surface area (Å²) in [6.45, 7) is 0. The number of nitriles is 1. The van der Waals surface area contributed by atoms with Crippen molar-refractivity contribution < 1.29 is 4.79 Å². The third-order valence-electron chi connectivity index (χ3n) is 2.76. The molecule has 1 amide bonds. The lowest BCUT2D eigenvalue weighted by atomic mass is 10.1. The summed E-state index contributed by atoms with van der Waals surface area (Å²) < 4.78 is 0. The molecular weight excluding hydrogens is 343 g/mol. The molecule has 2 rings (SSSR count). The molecule has 0 saturated carbocycles. The van der Waals surface area contributed by atoms with Crippen LogP contribution in [0.5, 0.6) is 0 Å². The Morgan fingerprint density at radius 2 is 1.64 bits per heavy atom. The van der Waals surface area contributed by atoms with Crippen LogP contribution in [0.2, 0.25) is 15.1 Å². The molecule has 2 aromatic rings. The van der Waals surface area contributed by atoms with Gasteiger partial charge in [-0.05, 0) is 42.5 Å². The van der Waals surface area contributed by atoms with Gasteiger partial charge in [0, 0.05) is 26.3 Å². The third kappa shape index (κ3) is 4.02. The van der Waals surface area contributed by atoms with Gasteiger partial charge in [0.05, 0.1) is 0 Å². The Hall–Kier alpha value is -1.99. The zero-order chi connectivity index (χ0) is 16.1. The molecule has 0 aliphatic carbocycles. The SMILES string of the molecule is N#C/C(=C/c1c(Cl)cccc1Cl)C(=O)Nc1ccc(Cl)cc1. The van der Waals surface area contributed by atoms with Crippen molar-refractivity contribution in [2.45, 2.75) is 0 Å². The number of hydrogen-bond donors (Lipinski definition) is 1. The van der Waals surface area contributed by atoms with E-state index in [2.05, 4.69) is 5.32 Å². The van der Waals surface area contributed by atoms with Crippen molar-refractivity contribution in [3.8, 4) is 6.07 Å². The summed E-state index contributed by atoms with van der Waals surface area (Å²) in [7, 11) is 0. The maximum atomic E-state index is 12.1. The number of nitrogens with one attached hydrogen (secondary N) is 1. The zero-order valence-electron chi connectivity index (χ0n) is 11.1. The van der Waals surface area contributed by atoms with Crippen LogP contribution >= 0.6 is 34.8 Å². The Balaban J connectivity index is 2.28. The lowest BCUT2D eigenvalue weighted by molar-refractivity contribution is -0.112. The maximum absolute atomic E-state index is 12.1. The highest BCUT2D eigenvalue weighted by molar-refractivity contribution is 6.37. The Morgan fingerprint density at radius 1 is 1.05 bits per heavy atom. The fraction of sp³-hybridized carbons (Fsp3) is 0. The average Bonchev–Trinajstić information content (AvgIpc) is 2.49. The van der Waals surface area contributed by atoms with E-state index in [0.29, 0.717) is 26.3 Å². The van der Waals surface area contributed by atoms with Crippen LogP contribution in [-0.2, 0) is 4.79 Å². The van der Waals surface area contributed by atoms with Gasteiger partial charge in [-0.2, -0.15) is 5.26 Å². The first-order valence-corrected chi connectivity index (χ1v) is 7.27. The van der Waals surface area contributed by atoms with Crippen molar-refractivity contribution in [3.05, 3.63) is 68.7 Å². The second kappa shape index (κ2) is 7.33. The fourth-order valence-corrected chi connectivity index (χ4v) is 2.31. The van der Waals surface area contributed by atoms with Gasteiger partial charge in [0.25, 0.3) is 5.91 Å². The molecule has 0 aliphatic rings. The minimum atomic E-state index is -0.555. The van der Waals surface area contributed by atoms with Crippen molar-refractivity contribution in [1.29, 1.82) is 5.26 Å². The first kappa shape index (κ1) is 16.4. The van der Waals surface area contributed by atoms with E-state index >= 15 is 0 Å². The van der Waals surface area contributed by atoms with Crippen LogP contribution in [0.15, 0.2) is 48.0 Å². The van der Waals surface area contributed by atoms with Crippen molar-refractivity contribution in [2.24, 2.45) is 0 Å². The topological polar surface area (TPSA) is 52.9 Å². The number of benzene rings is 2. The summed E-state index contributed by atoms with van der Waals surface area (Å²) in [6, 6.07) is 13.3. The molecule has 0 fully saturated rings. The van der Waals surface area contributed by atoms with Gasteiger partial charge in [-0.3, -0.25) is 4.79 Å². The van der Waals surface area contributed by atoms with Gasteiger partial charge in [0.15, 0.2) is 0 Å². The highest BCUT2D eigenvalue weighted by Gasteiger charge is 2.12. The molecule has 1 N–H and O–H groups in total. The molecule has 0 aromatic heterocycles. The summed E-state index contributed by atoms with van der Waals surface area (Å²) >= 11 is 17.8. The van der Waals surface area contributed by atoms with Crippen LogP contribution in [0.25, 0.3) is 6.08 Å². The van der Waals surface area contributed by atoms with Crippen LogP contribution in [0.3, 0.4) is 0 Å². The quantitative estimate of drug-likeness (QED) is 0.611. The van der Waals surface area contributed by atoms with E-state index in [1.165, 1.54) is 6.08 Å². The van der Waals surface area contributed by atoms with Crippen LogP contribution in [0.1, 0.15) is 5.56 Å². The Morgan fingerprint density at radius 3 is 2.18 bits per heavy atom. The van der Waals surface area contributed by atoms with Gasteiger partial charge in [-0.1, -0.05) is 40.9 Å². The largest absolute Gasteiger partial charge is 0.321 e. The van der Waals surface area contributed by atoms with Crippen LogP contribution in [0.4, 0.5) is 5.69 Å². The molecule has 2 aromatic carbocycles.